The number of unbranched alkanes of at least 4 members (excludes halogenated alkanes) is 2. The zero-order valence-corrected chi connectivity index (χ0v) is 12.4. The number of carbonyl (C=O) groups excluding carboxylic acids is 6. The smallest absolute Gasteiger partial charge is 0.106 e. The molecule has 0 rings (SSSR count). The molecule has 0 saturated heterocycles. The van der Waals surface area contributed by atoms with Gasteiger partial charge in [-0.15, -0.1) is 12.3 Å². The van der Waals surface area contributed by atoms with Gasteiger partial charge in [0.1, 0.15) is 40.7 Å². The molecule has 8 heteroatoms. The molecule has 0 aliphatic heterocycles. The molecule has 0 aliphatic rings. The summed E-state index contributed by atoms with van der Waals surface area (Å²) < 4.78 is 0. The summed E-state index contributed by atoms with van der Waals surface area (Å²) in [7, 11) is 0. The second-order valence-electron chi connectivity index (χ2n) is 1.38. The minimum Gasteiger partial charge on any atom is -0.396 e. The van der Waals surface area contributed by atoms with E-state index in [0.717, 1.165) is 19.3 Å². The molecule has 0 spiro atoms. The summed E-state index contributed by atoms with van der Waals surface area (Å²) in [5, 5.41) is 8.22. The van der Waals surface area contributed by atoms with E-state index in [-0.39, 0.29) is 23.4 Å². The third-order valence-corrected chi connectivity index (χ3v) is 0.729. The van der Waals surface area contributed by atoms with Crippen LogP contribution in [0.1, 0.15) is 19.3 Å². The van der Waals surface area contributed by atoms with Gasteiger partial charge in [-0.05, 0) is 12.8 Å². The maximum atomic E-state index is 8.22. The van der Waals surface area contributed by atoms with Gasteiger partial charge in [0.2, 0.25) is 0 Å². The fraction of sp³-hybridized carbons (Fsp3) is 0.333. The van der Waals surface area contributed by atoms with Crippen molar-refractivity contribution in [3.8, 4) is 12.3 Å². The second-order valence-corrected chi connectivity index (χ2v) is 1.38. The Kier molecular flexibility index (Phi) is 1230. The molecular weight excluding hydrogens is 315 g/mol. The van der Waals surface area contributed by atoms with Crippen LogP contribution in [0.15, 0.2) is 0 Å². The molecule has 1 N–H and O–H groups in total. The Bertz CT molecular complexity index is 127. The molecule has 0 aromatic rings. The number of rotatable bonds is 3. The standard InChI is InChI=1S/C6H10O.6CH2O.Co/c1-2-3-4-5-6-7;6*1-2;/h1,7H,3-6H2;6*1H2;. The van der Waals surface area contributed by atoms with Crippen molar-refractivity contribution in [3.63, 3.8) is 0 Å². The predicted octanol–water partition coefficient (Wildman–Crippen LogP) is -0.330. The predicted molar refractivity (Wildman–Crippen MR) is 72.5 cm³/mol. The van der Waals surface area contributed by atoms with Gasteiger partial charge in [0, 0.05) is 29.8 Å². The maximum absolute atomic E-state index is 8.22. The van der Waals surface area contributed by atoms with E-state index in [1.807, 2.05) is 40.7 Å². The van der Waals surface area contributed by atoms with Crippen molar-refractivity contribution < 1.29 is 50.7 Å². The molecule has 0 bridgehead atoms. The van der Waals surface area contributed by atoms with E-state index in [1.54, 1.807) is 0 Å². The summed E-state index contributed by atoms with van der Waals surface area (Å²) in [4.78, 5) is 48.0. The minimum atomic E-state index is 0. The van der Waals surface area contributed by atoms with E-state index < -0.39 is 0 Å². The molecule has 0 atom stereocenters. The number of carbonyl (C=O) groups is 6. The topological polar surface area (TPSA) is 123 Å². The maximum Gasteiger partial charge on any atom is 0.106 e. The summed E-state index contributed by atoms with van der Waals surface area (Å²) in [6, 6.07) is 0. The Morgan fingerprint density at radius 3 is 1.10 bits per heavy atom. The number of aliphatic hydroxyl groups is 1. The van der Waals surface area contributed by atoms with Crippen LogP contribution >= 0.6 is 0 Å². The van der Waals surface area contributed by atoms with E-state index in [4.69, 9.17) is 40.3 Å². The Labute approximate surface area is 130 Å². The molecule has 121 valence electrons. The van der Waals surface area contributed by atoms with Crippen LogP contribution in [0.25, 0.3) is 0 Å². The third kappa shape index (κ3) is 867. The molecule has 0 unspecified atom stereocenters. The van der Waals surface area contributed by atoms with Gasteiger partial charge in [-0.3, -0.25) is 0 Å². The third-order valence-electron chi connectivity index (χ3n) is 0.729. The zero-order valence-electron chi connectivity index (χ0n) is 11.4. The fourth-order valence-corrected chi connectivity index (χ4v) is 0.339. The van der Waals surface area contributed by atoms with Crippen LogP contribution in [0.2, 0.25) is 0 Å². The summed E-state index contributed by atoms with van der Waals surface area (Å²) in [5.41, 5.74) is 0. The Morgan fingerprint density at radius 2 is 0.950 bits per heavy atom. The van der Waals surface area contributed by atoms with Gasteiger partial charge in [0.05, 0.1) is 0 Å². The average Bonchev–Trinajstić information content (AvgIpc) is 2.59. The van der Waals surface area contributed by atoms with E-state index in [2.05, 4.69) is 5.92 Å². The van der Waals surface area contributed by atoms with Crippen LogP contribution in [0.4, 0.5) is 0 Å². The normalized spacial score (nSPS) is 4.00. The van der Waals surface area contributed by atoms with Crippen LogP contribution in [0.3, 0.4) is 0 Å². The number of aliphatic hydroxyl groups excluding tert-OH is 1. The Balaban J connectivity index is -0.0000000159. The largest absolute Gasteiger partial charge is 0.396 e. The molecule has 0 fully saturated rings. The quantitative estimate of drug-likeness (QED) is 0.552. The SMILES string of the molecule is C#CCCCCO.C=O.C=O.C=O.C=O.C=O.C=O.[Co]. The monoisotopic (exact) mass is 337 g/mol. The summed E-state index contributed by atoms with van der Waals surface area (Å²) in [6.45, 7) is 12.3. The number of hydrogen-bond acceptors (Lipinski definition) is 7. The summed E-state index contributed by atoms with van der Waals surface area (Å²) in [5.74, 6) is 2.49. The molecule has 20 heavy (non-hydrogen) atoms. The van der Waals surface area contributed by atoms with Crippen LogP contribution < -0.4 is 0 Å². The van der Waals surface area contributed by atoms with Gasteiger partial charge in [0.15, 0.2) is 0 Å². The van der Waals surface area contributed by atoms with E-state index in [9.17, 15) is 0 Å². The Morgan fingerprint density at radius 1 is 0.700 bits per heavy atom. The van der Waals surface area contributed by atoms with Gasteiger partial charge in [0.25, 0.3) is 0 Å². The first kappa shape index (κ1) is 52.0. The van der Waals surface area contributed by atoms with Crippen LogP contribution in [0, 0.1) is 12.3 Å². The minimum absolute atomic E-state index is 0. The summed E-state index contributed by atoms with van der Waals surface area (Å²) in [6.07, 6.45) is 7.52. The molecule has 0 heterocycles. The van der Waals surface area contributed by atoms with E-state index in [0.29, 0.717) is 0 Å². The molecule has 1 radical (unpaired) electrons. The van der Waals surface area contributed by atoms with Gasteiger partial charge in [-0.1, -0.05) is 0 Å². The molecule has 0 saturated carbocycles. The van der Waals surface area contributed by atoms with Gasteiger partial charge in [-0.2, -0.15) is 0 Å². The van der Waals surface area contributed by atoms with Crippen molar-refractivity contribution in [1.29, 1.82) is 0 Å². The fourth-order valence-electron chi connectivity index (χ4n) is 0.339. The Hall–Kier alpha value is -1.95. The van der Waals surface area contributed by atoms with Crippen molar-refractivity contribution in [2.24, 2.45) is 0 Å². The van der Waals surface area contributed by atoms with Gasteiger partial charge >= 0.3 is 0 Å². The summed E-state index contributed by atoms with van der Waals surface area (Å²) >= 11 is 0. The molecule has 0 aromatic carbocycles. The molecule has 0 aliphatic carbocycles. The molecule has 7 nitrogen and oxygen atoms in total. The first-order valence-corrected chi connectivity index (χ1v) is 4.19. The number of hydrogen-bond donors (Lipinski definition) is 1. The zero-order chi connectivity index (χ0) is 17.5. The van der Waals surface area contributed by atoms with E-state index in [1.165, 1.54) is 0 Å². The van der Waals surface area contributed by atoms with Crippen LogP contribution in [-0.2, 0) is 45.5 Å². The van der Waals surface area contributed by atoms with Crippen LogP contribution in [0.5, 0.6) is 0 Å². The molecule has 0 aromatic heterocycles. The first-order valence-electron chi connectivity index (χ1n) is 4.19. The van der Waals surface area contributed by atoms with Crippen molar-refractivity contribution in [2.45, 2.75) is 19.3 Å². The second kappa shape index (κ2) is 473. The van der Waals surface area contributed by atoms with Crippen molar-refractivity contribution in [1.82, 2.24) is 0 Å². The number of terminal acetylenes is 1. The molecular formula is C12H22CoO7. The van der Waals surface area contributed by atoms with Crippen molar-refractivity contribution in [2.75, 3.05) is 6.61 Å². The van der Waals surface area contributed by atoms with Gasteiger partial charge < -0.3 is 33.9 Å². The molecule has 0 amide bonds. The van der Waals surface area contributed by atoms with E-state index >= 15 is 0 Å². The van der Waals surface area contributed by atoms with Crippen molar-refractivity contribution >= 4 is 40.7 Å². The van der Waals surface area contributed by atoms with Crippen LogP contribution in [-0.4, -0.2) is 52.4 Å². The average molecular weight is 337 g/mol. The first-order chi connectivity index (χ1) is 9.41. The van der Waals surface area contributed by atoms with Crippen molar-refractivity contribution in [3.05, 3.63) is 0 Å². The van der Waals surface area contributed by atoms with Gasteiger partial charge in [-0.25, -0.2) is 0 Å².